The van der Waals surface area contributed by atoms with Gasteiger partial charge in [0.25, 0.3) is 11.8 Å². The molecule has 6 nitrogen and oxygen atoms in total. The van der Waals surface area contributed by atoms with E-state index in [2.05, 4.69) is 10.3 Å². The Hall–Kier alpha value is -3.65. The van der Waals surface area contributed by atoms with Gasteiger partial charge in [0.1, 0.15) is 0 Å². The minimum absolute atomic E-state index is 0.155. The van der Waals surface area contributed by atoms with Crippen LogP contribution in [0.4, 0.5) is 14.5 Å². The Bertz CT molecular complexity index is 1140. The highest BCUT2D eigenvalue weighted by molar-refractivity contribution is 6.14. The average molecular weight is 450 g/mol. The smallest absolute Gasteiger partial charge is 0.262 e. The number of alkyl halides is 2. The number of hydrogen-bond acceptors (Lipinski definition) is 5. The van der Waals surface area contributed by atoms with Crippen molar-refractivity contribution in [3.05, 3.63) is 95.3 Å². The summed E-state index contributed by atoms with van der Waals surface area (Å²) in [4.78, 5) is 18.5. The van der Waals surface area contributed by atoms with Crippen LogP contribution in [0.1, 0.15) is 33.5 Å². The Balaban J connectivity index is 1.48. The quantitative estimate of drug-likeness (QED) is 0.395. The average Bonchev–Trinajstić information content (AvgIpc) is 2.79. The van der Waals surface area contributed by atoms with Gasteiger partial charge in [0.2, 0.25) is 0 Å². The van der Waals surface area contributed by atoms with E-state index >= 15 is 0 Å². The molecule has 170 valence electrons. The number of carbonyl (C=O) groups excluding carboxylic acids is 1. The molecule has 1 aliphatic heterocycles. The Labute approximate surface area is 191 Å². The van der Waals surface area contributed by atoms with Crippen LogP contribution in [0.5, 0.6) is 0 Å². The van der Waals surface area contributed by atoms with Crippen molar-refractivity contribution >= 4 is 17.3 Å². The lowest BCUT2D eigenvalue weighted by Gasteiger charge is -2.37. The van der Waals surface area contributed by atoms with Gasteiger partial charge in [-0.3, -0.25) is 20.1 Å². The second-order valence-corrected chi connectivity index (χ2v) is 8.30. The fraction of sp³-hybridized carbons (Fsp3) is 0.240. The van der Waals surface area contributed by atoms with Crippen LogP contribution in [-0.4, -0.2) is 46.6 Å². The van der Waals surface area contributed by atoms with Crippen molar-refractivity contribution in [1.82, 2.24) is 15.2 Å². The molecule has 1 saturated heterocycles. The van der Waals surface area contributed by atoms with Crippen molar-refractivity contribution in [3.8, 4) is 0 Å². The van der Waals surface area contributed by atoms with Crippen LogP contribution < -0.4 is 11.1 Å². The van der Waals surface area contributed by atoms with Gasteiger partial charge >= 0.3 is 0 Å². The minimum atomic E-state index is -2.90. The Morgan fingerprint density at radius 3 is 2.58 bits per heavy atom. The van der Waals surface area contributed by atoms with E-state index in [1.807, 2.05) is 30.3 Å². The number of pyridine rings is 1. The third-order valence-electron chi connectivity index (χ3n) is 5.62. The van der Waals surface area contributed by atoms with Gasteiger partial charge in [-0.15, -0.1) is 0 Å². The number of benzene rings is 2. The number of nitrogens with zero attached hydrogens (tertiary/aromatic N) is 2. The molecule has 8 heteroatoms. The third kappa shape index (κ3) is 5.59. The fourth-order valence-corrected chi connectivity index (χ4v) is 4.11. The van der Waals surface area contributed by atoms with Gasteiger partial charge in [-0.1, -0.05) is 30.3 Å². The summed E-state index contributed by atoms with van der Waals surface area (Å²) in [6.45, 7) is 0.367. The first-order chi connectivity index (χ1) is 15.8. The van der Waals surface area contributed by atoms with Gasteiger partial charge in [-0.25, -0.2) is 8.78 Å². The van der Waals surface area contributed by atoms with E-state index in [4.69, 9.17) is 11.1 Å². The molecule has 0 aliphatic carbocycles. The second kappa shape index (κ2) is 9.46. The summed E-state index contributed by atoms with van der Waals surface area (Å²) in [5.41, 5.74) is 8.77. The zero-order chi connectivity index (χ0) is 23.4. The van der Waals surface area contributed by atoms with Gasteiger partial charge in [0, 0.05) is 60.3 Å². The van der Waals surface area contributed by atoms with Crippen LogP contribution >= 0.6 is 0 Å². The fourth-order valence-electron chi connectivity index (χ4n) is 4.11. The number of nitrogens with one attached hydrogen (secondary N) is 2. The van der Waals surface area contributed by atoms with Crippen LogP contribution in [-0.2, 0) is 6.54 Å². The summed E-state index contributed by atoms with van der Waals surface area (Å²) in [6, 6.07) is 16.7. The van der Waals surface area contributed by atoms with Crippen molar-refractivity contribution in [1.29, 1.82) is 5.41 Å². The summed E-state index contributed by atoms with van der Waals surface area (Å²) < 4.78 is 28.9. The molecule has 1 amide bonds. The number of nitrogens with two attached hydrogens (primary N) is 1. The molecule has 0 radical (unpaired) electrons. The minimum Gasteiger partial charge on any atom is -0.398 e. The molecule has 4 rings (SSSR count). The predicted octanol–water partition coefficient (Wildman–Crippen LogP) is 3.72. The normalized spacial score (nSPS) is 17.9. The number of halogens is 2. The number of carbonyl (C=O) groups is 1. The molecule has 2 heterocycles. The van der Waals surface area contributed by atoms with E-state index in [0.29, 0.717) is 29.9 Å². The van der Waals surface area contributed by atoms with Gasteiger partial charge in [0.05, 0.1) is 12.3 Å². The highest BCUT2D eigenvalue weighted by atomic mass is 19.3. The van der Waals surface area contributed by atoms with Gasteiger partial charge < -0.3 is 11.1 Å². The van der Waals surface area contributed by atoms with Crippen molar-refractivity contribution < 1.29 is 13.6 Å². The Morgan fingerprint density at radius 2 is 1.85 bits per heavy atom. The van der Waals surface area contributed by atoms with E-state index in [0.717, 1.165) is 5.56 Å². The lowest BCUT2D eigenvalue weighted by molar-refractivity contribution is -0.0760. The molecule has 1 unspecified atom stereocenters. The molecular weight excluding hydrogens is 424 g/mol. The first-order valence-corrected chi connectivity index (χ1v) is 10.6. The van der Waals surface area contributed by atoms with E-state index in [1.165, 1.54) is 12.1 Å². The maximum Gasteiger partial charge on any atom is 0.262 e. The van der Waals surface area contributed by atoms with Crippen molar-refractivity contribution in [2.45, 2.75) is 24.9 Å². The molecule has 1 aromatic heterocycles. The summed E-state index contributed by atoms with van der Waals surface area (Å²) in [7, 11) is 0. The zero-order valence-corrected chi connectivity index (χ0v) is 18.0. The van der Waals surface area contributed by atoms with Gasteiger partial charge in [0.15, 0.2) is 0 Å². The van der Waals surface area contributed by atoms with Crippen LogP contribution in [0.2, 0.25) is 0 Å². The largest absolute Gasteiger partial charge is 0.398 e. The molecule has 33 heavy (non-hydrogen) atoms. The number of anilines is 1. The third-order valence-corrected chi connectivity index (χ3v) is 5.62. The second-order valence-electron chi connectivity index (χ2n) is 8.30. The Kier molecular flexibility index (Phi) is 6.46. The van der Waals surface area contributed by atoms with E-state index in [-0.39, 0.29) is 17.8 Å². The summed E-state index contributed by atoms with van der Waals surface area (Å²) in [6.07, 6.45) is 2.72. The first-order valence-electron chi connectivity index (χ1n) is 10.6. The summed E-state index contributed by atoms with van der Waals surface area (Å²) in [5.74, 6) is -3.37. The van der Waals surface area contributed by atoms with Crippen molar-refractivity contribution in [2.75, 3.05) is 18.8 Å². The maximum atomic E-state index is 14.4. The lowest BCUT2D eigenvalue weighted by atomic mass is 9.98. The van der Waals surface area contributed by atoms with E-state index < -0.39 is 24.3 Å². The summed E-state index contributed by atoms with van der Waals surface area (Å²) in [5, 5.41) is 11.2. The maximum absolute atomic E-state index is 14.4. The Morgan fingerprint density at radius 1 is 1.12 bits per heavy atom. The van der Waals surface area contributed by atoms with Crippen LogP contribution in [0.25, 0.3) is 0 Å². The van der Waals surface area contributed by atoms with Crippen molar-refractivity contribution in [3.63, 3.8) is 0 Å². The topological polar surface area (TPSA) is 95.1 Å². The van der Waals surface area contributed by atoms with Gasteiger partial charge in [-0.2, -0.15) is 0 Å². The number of nitrogen functional groups attached to an aromatic ring is 1. The van der Waals surface area contributed by atoms with E-state index in [1.54, 1.807) is 35.5 Å². The molecule has 1 aliphatic rings. The first kappa shape index (κ1) is 22.5. The number of likely N-dealkylation sites (tertiary alicyclic amines) is 1. The molecule has 0 spiro atoms. The highest BCUT2D eigenvalue weighted by Crippen LogP contribution is 2.28. The van der Waals surface area contributed by atoms with Gasteiger partial charge in [-0.05, 0) is 35.9 Å². The highest BCUT2D eigenvalue weighted by Gasteiger charge is 2.40. The lowest BCUT2D eigenvalue weighted by Crippen LogP contribution is -2.54. The zero-order valence-electron chi connectivity index (χ0n) is 18.0. The summed E-state index contributed by atoms with van der Waals surface area (Å²) >= 11 is 0. The SMILES string of the molecule is N=C(c1ccncc1)c1cc(C(=O)NC2CN(Cc3ccccc3)CC(F)(F)C2)ccc1N. The molecule has 0 saturated carbocycles. The standard InChI is InChI=1S/C25H25F2N5O/c26-25(27)13-20(15-32(16-25)14-17-4-2-1-3-5-17)31-24(33)19-6-7-22(28)21(12-19)23(29)18-8-10-30-11-9-18/h1-12,20,29H,13-16,28H2,(H,31,33). The number of aromatic nitrogens is 1. The predicted molar refractivity (Wildman–Crippen MR) is 124 cm³/mol. The monoisotopic (exact) mass is 449 g/mol. The van der Waals surface area contributed by atoms with Crippen LogP contribution in [0, 0.1) is 5.41 Å². The molecule has 3 aromatic rings. The molecule has 0 bridgehead atoms. The molecule has 1 fully saturated rings. The number of piperidine rings is 1. The van der Waals surface area contributed by atoms with Crippen LogP contribution in [0.15, 0.2) is 73.1 Å². The number of amides is 1. The molecule has 1 atom stereocenters. The number of hydrogen-bond donors (Lipinski definition) is 3. The van der Waals surface area contributed by atoms with E-state index in [9.17, 15) is 13.6 Å². The van der Waals surface area contributed by atoms with Crippen LogP contribution in [0.3, 0.4) is 0 Å². The molecule has 2 aromatic carbocycles. The molecule has 4 N–H and O–H groups in total. The van der Waals surface area contributed by atoms with Crippen molar-refractivity contribution in [2.24, 2.45) is 0 Å². The molecular formula is C25H25F2N5O. The number of rotatable bonds is 6.